The maximum absolute atomic E-state index is 6.00. The largest absolute Gasteiger partial charge is 0.375 e. The van der Waals surface area contributed by atoms with Gasteiger partial charge in [0, 0.05) is 19.7 Å². The van der Waals surface area contributed by atoms with E-state index in [1.807, 2.05) is 7.11 Å². The van der Waals surface area contributed by atoms with Gasteiger partial charge in [-0.15, -0.1) is 0 Å². The van der Waals surface area contributed by atoms with Crippen molar-refractivity contribution in [3.63, 3.8) is 0 Å². The summed E-state index contributed by atoms with van der Waals surface area (Å²) < 4.78 is 6.00. The molecule has 128 valence electrons. The van der Waals surface area contributed by atoms with Gasteiger partial charge in [0.05, 0.1) is 6.10 Å². The average Bonchev–Trinajstić information content (AvgIpc) is 2.81. The third-order valence-corrected chi connectivity index (χ3v) is 5.20. The second kappa shape index (κ2) is 8.46. The molecule has 0 spiro atoms. The lowest BCUT2D eigenvalue weighted by molar-refractivity contribution is 0.00656. The van der Waals surface area contributed by atoms with Crippen molar-refractivity contribution in [2.45, 2.75) is 51.3 Å². The number of benzene rings is 2. The van der Waals surface area contributed by atoms with E-state index in [0.717, 1.165) is 25.9 Å². The van der Waals surface area contributed by atoms with Crippen LogP contribution in [0.5, 0.6) is 0 Å². The van der Waals surface area contributed by atoms with Gasteiger partial charge >= 0.3 is 0 Å². The highest BCUT2D eigenvalue weighted by atomic mass is 16.5. The Kier molecular flexibility index (Phi) is 6.06. The summed E-state index contributed by atoms with van der Waals surface area (Å²) in [6.45, 7) is 4.45. The molecule has 0 aliphatic carbocycles. The Hall–Kier alpha value is -1.64. The molecule has 2 aromatic carbocycles. The number of methoxy groups -OCH3 is 1. The number of hydrogen-bond acceptors (Lipinski definition) is 2. The van der Waals surface area contributed by atoms with Crippen molar-refractivity contribution in [2.75, 3.05) is 13.7 Å². The summed E-state index contributed by atoms with van der Waals surface area (Å²) >= 11 is 0. The van der Waals surface area contributed by atoms with Crippen molar-refractivity contribution in [3.05, 3.63) is 71.3 Å². The molecular weight excluding hydrogens is 294 g/mol. The number of nitrogens with zero attached hydrogens (tertiary/aromatic N) is 1. The minimum absolute atomic E-state index is 0.136. The number of fused-ring (bicyclic) bond motifs is 1. The first-order valence-electron chi connectivity index (χ1n) is 9.22. The standard InChI is InChI=1S/C22H29NO/c1-3-4-16-23-17-20-13-9-8-10-18(20)14-15-21(23)22(24-2)19-11-6-5-7-12-19/h5-13,21-22H,3-4,14-17H2,1-2H3. The quantitative estimate of drug-likeness (QED) is 0.742. The third-order valence-electron chi connectivity index (χ3n) is 5.20. The van der Waals surface area contributed by atoms with Crippen LogP contribution in [0.25, 0.3) is 0 Å². The Balaban J connectivity index is 1.89. The highest BCUT2D eigenvalue weighted by Crippen LogP contribution is 2.32. The lowest BCUT2D eigenvalue weighted by atomic mass is 9.96. The molecule has 24 heavy (non-hydrogen) atoms. The van der Waals surface area contributed by atoms with Crippen molar-refractivity contribution in [1.29, 1.82) is 0 Å². The SMILES string of the molecule is CCCCN1Cc2ccccc2CCC1C(OC)c1ccccc1. The molecule has 0 N–H and O–H groups in total. The molecule has 0 amide bonds. The van der Waals surface area contributed by atoms with E-state index in [0.29, 0.717) is 6.04 Å². The van der Waals surface area contributed by atoms with E-state index in [1.165, 1.54) is 29.5 Å². The summed E-state index contributed by atoms with van der Waals surface area (Å²) in [6, 6.07) is 20.1. The molecule has 0 aromatic heterocycles. The summed E-state index contributed by atoms with van der Waals surface area (Å²) in [7, 11) is 1.85. The Morgan fingerprint density at radius 1 is 1.04 bits per heavy atom. The molecule has 1 heterocycles. The van der Waals surface area contributed by atoms with Crippen molar-refractivity contribution >= 4 is 0 Å². The van der Waals surface area contributed by atoms with Crippen LogP contribution in [-0.4, -0.2) is 24.6 Å². The molecule has 0 bridgehead atoms. The summed E-state index contributed by atoms with van der Waals surface area (Å²) in [6.07, 6.45) is 4.89. The number of ether oxygens (including phenoxy) is 1. The summed E-state index contributed by atoms with van der Waals surface area (Å²) in [5, 5.41) is 0. The Morgan fingerprint density at radius 3 is 2.46 bits per heavy atom. The molecule has 0 saturated heterocycles. The van der Waals surface area contributed by atoms with Gasteiger partial charge in [0.1, 0.15) is 0 Å². The van der Waals surface area contributed by atoms with E-state index < -0.39 is 0 Å². The normalized spacial score (nSPS) is 19.5. The summed E-state index contributed by atoms with van der Waals surface area (Å²) in [5.74, 6) is 0. The average molecular weight is 323 g/mol. The van der Waals surface area contributed by atoms with Gasteiger partial charge in [0.15, 0.2) is 0 Å². The lowest BCUT2D eigenvalue weighted by Gasteiger charge is -2.35. The molecular formula is C22H29NO. The second-order valence-electron chi connectivity index (χ2n) is 6.77. The predicted molar refractivity (Wildman–Crippen MR) is 100 cm³/mol. The molecule has 3 rings (SSSR count). The highest BCUT2D eigenvalue weighted by molar-refractivity contribution is 5.29. The van der Waals surface area contributed by atoms with E-state index in [2.05, 4.69) is 66.4 Å². The van der Waals surface area contributed by atoms with Crippen LogP contribution in [0.3, 0.4) is 0 Å². The van der Waals surface area contributed by atoms with Gasteiger partial charge in [-0.05, 0) is 42.5 Å². The van der Waals surface area contributed by atoms with Crippen LogP contribution >= 0.6 is 0 Å². The smallest absolute Gasteiger partial charge is 0.0976 e. The summed E-state index contributed by atoms with van der Waals surface area (Å²) in [4.78, 5) is 2.65. The maximum Gasteiger partial charge on any atom is 0.0976 e. The molecule has 2 heteroatoms. The molecule has 1 aliphatic rings. The van der Waals surface area contributed by atoms with E-state index in [1.54, 1.807) is 0 Å². The van der Waals surface area contributed by atoms with Gasteiger partial charge in [0.2, 0.25) is 0 Å². The number of hydrogen-bond donors (Lipinski definition) is 0. The monoisotopic (exact) mass is 323 g/mol. The maximum atomic E-state index is 6.00. The van der Waals surface area contributed by atoms with Gasteiger partial charge in [-0.25, -0.2) is 0 Å². The van der Waals surface area contributed by atoms with Crippen molar-refractivity contribution in [2.24, 2.45) is 0 Å². The minimum atomic E-state index is 0.136. The first-order valence-corrected chi connectivity index (χ1v) is 9.22. The fourth-order valence-electron chi connectivity index (χ4n) is 3.88. The zero-order valence-corrected chi connectivity index (χ0v) is 14.9. The molecule has 2 atom stereocenters. The lowest BCUT2D eigenvalue weighted by Crippen LogP contribution is -2.39. The van der Waals surface area contributed by atoms with E-state index in [4.69, 9.17) is 4.74 Å². The fourth-order valence-corrected chi connectivity index (χ4v) is 3.88. The number of rotatable bonds is 6. The Morgan fingerprint density at radius 2 is 1.75 bits per heavy atom. The second-order valence-corrected chi connectivity index (χ2v) is 6.77. The third kappa shape index (κ3) is 3.88. The van der Waals surface area contributed by atoms with Crippen molar-refractivity contribution in [3.8, 4) is 0 Å². The van der Waals surface area contributed by atoms with Crippen LogP contribution < -0.4 is 0 Å². The molecule has 1 aliphatic heterocycles. The topological polar surface area (TPSA) is 12.5 Å². The van der Waals surface area contributed by atoms with Gasteiger partial charge in [-0.1, -0.05) is 67.9 Å². The van der Waals surface area contributed by atoms with Crippen LogP contribution in [0.1, 0.15) is 49.0 Å². The van der Waals surface area contributed by atoms with E-state index >= 15 is 0 Å². The van der Waals surface area contributed by atoms with Crippen LogP contribution in [0.2, 0.25) is 0 Å². The Labute approximate surface area is 146 Å². The van der Waals surface area contributed by atoms with Crippen molar-refractivity contribution < 1.29 is 4.74 Å². The minimum Gasteiger partial charge on any atom is -0.375 e. The van der Waals surface area contributed by atoms with E-state index in [-0.39, 0.29) is 6.10 Å². The van der Waals surface area contributed by atoms with Crippen LogP contribution in [0, 0.1) is 0 Å². The number of aryl methyl sites for hydroxylation is 1. The molecule has 2 nitrogen and oxygen atoms in total. The first kappa shape index (κ1) is 17.2. The zero-order valence-electron chi connectivity index (χ0n) is 14.9. The van der Waals surface area contributed by atoms with E-state index in [9.17, 15) is 0 Å². The molecule has 0 saturated carbocycles. The summed E-state index contributed by atoms with van der Waals surface area (Å²) in [5.41, 5.74) is 4.28. The fraction of sp³-hybridized carbons (Fsp3) is 0.455. The Bertz CT molecular complexity index is 625. The van der Waals surface area contributed by atoms with Crippen LogP contribution in [0.4, 0.5) is 0 Å². The highest BCUT2D eigenvalue weighted by Gasteiger charge is 2.31. The molecule has 2 aromatic rings. The zero-order chi connectivity index (χ0) is 16.8. The molecule has 0 fully saturated rings. The van der Waals surface area contributed by atoms with Crippen LogP contribution in [-0.2, 0) is 17.7 Å². The van der Waals surface area contributed by atoms with Crippen LogP contribution in [0.15, 0.2) is 54.6 Å². The van der Waals surface area contributed by atoms with Crippen molar-refractivity contribution in [1.82, 2.24) is 4.90 Å². The first-order chi connectivity index (χ1) is 11.8. The number of unbranched alkanes of at least 4 members (excludes halogenated alkanes) is 1. The molecule has 2 unspecified atom stereocenters. The van der Waals surface area contributed by atoms with Gasteiger partial charge in [-0.3, -0.25) is 4.90 Å². The predicted octanol–water partition coefficient (Wildman–Crippen LogP) is 4.99. The van der Waals surface area contributed by atoms with Gasteiger partial charge in [-0.2, -0.15) is 0 Å². The van der Waals surface area contributed by atoms with Gasteiger partial charge in [0.25, 0.3) is 0 Å². The molecule has 0 radical (unpaired) electrons. The van der Waals surface area contributed by atoms with Gasteiger partial charge < -0.3 is 4.74 Å².